The number of carbonyl (C=O) groups excluding carboxylic acids is 2. The Bertz CT molecular complexity index is 1200. The monoisotopic (exact) mass is 451 g/mol. The Labute approximate surface area is 174 Å². The Morgan fingerprint density at radius 3 is 2.76 bits per heavy atom. The van der Waals surface area contributed by atoms with Crippen LogP contribution in [0.25, 0.3) is 10.8 Å². The first kappa shape index (κ1) is 17.7. The molecule has 0 saturated heterocycles. The van der Waals surface area contributed by atoms with Gasteiger partial charge < -0.3 is 9.47 Å². The fourth-order valence-corrected chi connectivity index (χ4v) is 3.95. The minimum Gasteiger partial charge on any atom is -0.454 e. The molecule has 0 aromatic heterocycles. The molecule has 0 saturated carbocycles. The smallest absolute Gasteiger partial charge is 0.260 e. The van der Waals surface area contributed by atoms with E-state index >= 15 is 0 Å². The zero-order valence-corrected chi connectivity index (χ0v) is 16.6. The highest BCUT2D eigenvalue weighted by atomic mass is 79.9. The summed E-state index contributed by atoms with van der Waals surface area (Å²) in [6, 6.07) is 14.8. The van der Waals surface area contributed by atoms with Crippen LogP contribution in [0.15, 0.2) is 58.1 Å². The van der Waals surface area contributed by atoms with Gasteiger partial charge in [0.1, 0.15) is 6.54 Å². The number of hydrogen-bond donors (Lipinski definition) is 1. The summed E-state index contributed by atoms with van der Waals surface area (Å²) in [5.74, 6) is 0.694. The number of hydrazone groups is 1. The summed E-state index contributed by atoms with van der Waals surface area (Å²) < 4.78 is 11.4. The molecule has 0 atom stereocenters. The molecule has 29 heavy (non-hydrogen) atoms. The molecule has 1 N–H and O–H groups in total. The van der Waals surface area contributed by atoms with Crippen molar-refractivity contribution in [2.45, 2.75) is 0 Å². The second kappa shape index (κ2) is 6.89. The SMILES string of the molecule is O=C(CN1C(=O)c2cccc3cccc1c23)N/N=C/c1cc2c(cc1Br)OCO2. The van der Waals surface area contributed by atoms with Crippen molar-refractivity contribution < 1.29 is 19.1 Å². The highest BCUT2D eigenvalue weighted by Crippen LogP contribution is 2.37. The van der Waals surface area contributed by atoms with Gasteiger partial charge in [-0.05, 0) is 45.6 Å². The van der Waals surface area contributed by atoms with Crippen LogP contribution in [0, 0.1) is 0 Å². The second-order valence-electron chi connectivity index (χ2n) is 6.59. The van der Waals surface area contributed by atoms with E-state index in [0.717, 1.165) is 26.5 Å². The maximum Gasteiger partial charge on any atom is 0.260 e. The molecule has 0 spiro atoms. The van der Waals surface area contributed by atoms with Crippen LogP contribution in [0.1, 0.15) is 15.9 Å². The van der Waals surface area contributed by atoms with E-state index < -0.39 is 5.91 Å². The van der Waals surface area contributed by atoms with E-state index in [0.29, 0.717) is 17.1 Å². The number of carbonyl (C=O) groups is 2. The Morgan fingerprint density at radius 2 is 1.93 bits per heavy atom. The van der Waals surface area contributed by atoms with E-state index in [-0.39, 0.29) is 19.2 Å². The predicted octanol–water partition coefficient (Wildman–Crippen LogP) is 3.44. The Kier molecular flexibility index (Phi) is 4.21. The molecule has 0 bridgehead atoms. The van der Waals surface area contributed by atoms with Gasteiger partial charge in [0.2, 0.25) is 6.79 Å². The average molecular weight is 452 g/mol. The summed E-state index contributed by atoms with van der Waals surface area (Å²) >= 11 is 3.44. The van der Waals surface area contributed by atoms with Crippen molar-refractivity contribution in [2.75, 3.05) is 18.2 Å². The number of fused-ring (bicyclic) bond motifs is 1. The fraction of sp³-hybridized carbons (Fsp3) is 0.0952. The van der Waals surface area contributed by atoms with Gasteiger partial charge in [-0.3, -0.25) is 14.5 Å². The average Bonchev–Trinajstić information content (AvgIpc) is 3.27. The Balaban J connectivity index is 1.30. The molecule has 7 nitrogen and oxygen atoms in total. The number of benzene rings is 3. The van der Waals surface area contributed by atoms with Gasteiger partial charge >= 0.3 is 0 Å². The minimum atomic E-state index is -0.392. The molecule has 2 amide bonds. The first-order valence-corrected chi connectivity index (χ1v) is 9.66. The lowest BCUT2D eigenvalue weighted by molar-refractivity contribution is -0.119. The van der Waals surface area contributed by atoms with Crippen LogP contribution in [0.2, 0.25) is 0 Å². The van der Waals surface area contributed by atoms with Crippen LogP contribution in [-0.4, -0.2) is 31.4 Å². The summed E-state index contributed by atoms with van der Waals surface area (Å²) in [4.78, 5) is 26.6. The lowest BCUT2D eigenvalue weighted by Crippen LogP contribution is -2.37. The summed E-state index contributed by atoms with van der Waals surface area (Å²) in [6.07, 6.45) is 1.51. The number of ether oxygens (including phenoxy) is 2. The van der Waals surface area contributed by atoms with Crippen LogP contribution in [0.5, 0.6) is 11.5 Å². The van der Waals surface area contributed by atoms with Gasteiger partial charge in [-0.2, -0.15) is 5.10 Å². The largest absolute Gasteiger partial charge is 0.454 e. The zero-order valence-electron chi connectivity index (χ0n) is 15.0. The first-order chi connectivity index (χ1) is 14.1. The van der Waals surface area contributed by atoms with Crippen molar-refractivity contribution in [1.82, 2.24) is 5.43 Å². The molecule has 2 aliphatic rings. The third-order valence-corrected chi connectivity index (χ3v) is 5.52. The molecule has 0 radical (unpaired) electrons. The van der Waals surface area contributed by atoms with Crippen LogP contribution >= 0.6 is 15.9 Å². The first-order valence-electron chi connectivity index (χ1n) is 8.86. The van der Waals surface area contributed by atoms with Crippen LogP contribution in [0.4, 0.5) is 5.69 Å². The molecule has 8 heteroatoms. The molecular formula is C21H14BrN3O4. The van der Waals surface area contributed by atoms with Crippen molar-refractivity contribution in [2.24, 2.45) is 5.10 Å². The summed E-state index contributed by atoms with van der Waals surface area (Å²) in [7, 11) is 0. The lowest BCUT2D eigenvalue weighted by Gasteiger charge is -2.16. The summed E-state index contributed by atoms with van der Waals surface area (Å²) in [6.45, 7) is 0.0599. The number of rotatable bonds is 4. The fourth-order valence-electron chi connectivity index (χ4n) is 3.52. The molecular weight excluding hydrogens is 438 g/mol. The number of anilines is 1. The third kappa shape index (κ3) is 3.01. The van der Waals surface area contributed by atoms with E-state index in [1.165, 1.54) is 11.1 Å². The lowest BCUT2D eigenvalue weighted by atomic mass is 10.1. The quantitative estimate of drug-likeness (QED) is 0.486. The maximum absolute atomic E-state index is 12.7. The van der Waals surface area contributed by atoms with Crippen LogP contribution < -0.4 is 19.8 Å². The van der Waals surface area contributed by atoms with Gasteiger partial charge in [-0.25, -0.2) is 5.43 Å². The molecule has 144 valence electrons. The molecule has 2 aliphatic heterocycles. The van der Waals surface area contributed by atoms with Crippen molar-refractivity contribution in [3.8, 4) is 11.5 Å². The summed E-state index contributed by atoms with van der Waals surface area (Å²) in [5, 5.41) is 5.85. The van der Waals surface area contributed by atoms with Crippen LogP contribution in [0.3, 0.4) is 0 Å². The van der Waals surface area contributed by atoms with Gasteiger partial charge in [0.15, 0.2) is 11.5 Å². The number of amides is 2. The van der Waals surface area contributed by atoms with Crippen LogP contribution in [-0.2, 0) is 4.79 Å². The van der Waals surface area contributed by atoms with Gasteiger partial charge in [0.05, 0.1) is 11.9 Å². The molecule has 0 unspecified atom stereocenters. The topological polar surface area (TPSA) is 80.2 Å². The van der Waals surface area contributed by atoms with Gasteiger partial charge in [0.25, 0.3) is 11.8 Å². The van der Waals surface area contributed by atoms with Gasteiger partial charge in [-0.1, -0.05) is 24.3 Å². The van der Waals surface area contributed by atoms with E-state index in [1.54, 1.807) is 18.2 Å². The standard InChI is InChI=1S/C21H14BrN3O4/c22-15-8-18-17(28-11-29-18)7-13(15)9-23-24-19(26)10-25-16-6-2-4-12-3-1-5-14(20(12)16)21(25)27/h1-9H,10-11H2,(H,24,26)/b23-9+. The molecule has 0 aliphatic carbocycles. The Morgan fingerprint density at radius 1 is 1.17 bits per heavy atom. The second-order valence-corrected chi connectivity index (χ2v) is 7.45. The Hall–Kier alpha value is -3.39. The van der Waals surface area contributed by atoms with E-state index in [9.17, 15) is 9.59 Å². The van der Waals surface area contributed by atoms with E-state index in [4.69, 9.17) is 9.47 Å². The normalized spacial score (nSPS) is 14.2. The van der Waals surface area contributed by atoms with E-state index in [1.807, 2.05) is 30.3 Å². The molecule has 5 rings (SSSR count). The van der Waals surface area contributed by atoms with Crippen molar-refractivity contribution in [3.63, 3.8) is 0 Å². The van der Waals surface area contributed by atoms with Crippen molar-refractivity contribution in [1.29, 1.82) is 0 Å². The highest BCUT2D eigenvalue weighted by molar-refractivity contribution is 9.10. The molecule has 2 heterocycles. The number of nitrogens with one attached hydrogen (secondary N) is 1. The van der Waals surface area contributed by atoms with Crippen molar-refractivity contribution in [3.05, 3.63) is 64.1 Å². The molecule has 3 aromatic carbocycles. The molecule has 3 aromatic rings. The molecule has 0 fully saturated rings. The number of nitrogens with zero attached hydrogens (tertiary/aromatic N) is 2. The number of halogens is 1. The summed E-state index contributed by atoms with van der Waals surface area (Å²) in [5.41, 5.74) is 4.55. The van der Waals surface area contributed by atoms with E-state index in [2.05, 4.69) is 26.5 Å². The predicted molar refractivity (Wildman–Crippen MR) is 112 cm³/mol. The van der Waals surface area contributed by atoms with Gasteiger partial charge in [-0.15, -0.1) is 0 Å². The minimum absolute atomic E-state index is 0.119. The maximum atomic E-state index is 12.7. The number of hydrogen-bond acceptors (Lipinski definition) is 5. The zero-order chi connectivity index (χ0) is 20.0. The highest BCUT2D eigenvalue weighted by Gasteiger charge is 2.30. The third-order valence-electron chi connectivity index (χ3n) is 4.84. The van der Waals surface area contributed by atoms with Gasteiger partial charge in [0, 0.05) is 21.0 Å². The van der Waals surface area contributed by atoms with Crippen molar-refractivity contribution >= 4 is 50.4 Å².